The third kappa shape index (κ3) is 2.61. The largest absolute Gasteiger partial charge is 0.387 e. The summed E-state index contributed by atoms with van der Waals surface area (Å²) in [5.41, 5.74) is 1.46. The summed E-state index contributed by atoms with van der Waals surface area (Å²) in [4.78, 5) is 27.5. The van der Waals surface area contributed by atoms with Gasteiger partial charge in [-0.2, -0.15) is 0 Å². The molecule has 0 bridgehead atoms. The Morgan fingerprint density at radius 1 is 1.11 bits per heavy atom. The summed E-state index contributed by atoms with van der Waals surface area (Å²) in [6, 6.07) is 0. The number of nitrogens with one attached hydrogen (secondary N) is 2. The fourth-order valence-electron chi connectivity index (χ4n) is 7.66. The molecule has 2 N–H and O–H groups in total. The van der Waals surface area contributed by atoms with Crippen LogP contribution in [0.1, 0.15) is 52.4 Å². The molecule has 6 atom stereocenters. The molecular weight excluding hydrogens is 350 g/mol. The second kappa shape index (κ2) is 6.58. The van der Waals surface area contributed by atoms with Gasteiger partial charge in [0.25, 0.3) is 0 Å². The van der Waals surface area contributed by atoms with Crippen molar-refractivity contribution in [1.82, 2.24) is 15.5 Å². The molecular formula is C23H35N3O2. The number of hydrogen-bond acceptors (Lipinski definition) is 4. The maximum atomic E-state index is 13.4. The maximum Gasteiger partial charge on any atom is 0.226 e. The summed E-state index contributed by atoms with van der Waals surface area (Å²) in [6.45, 7) is 9.38. The number of fused-ring (bicyclic) bond motifs is 5. The first-order valence-electron chi connectivity index (χ1n) is 11.4. The Balaban J connectivity index is 1.39. The summed E-state index contributed by atoms with van der Waals surface area (Å²) < 4.78 is 0. The molecule has 5 rings (SSSR count). The normalized spacial score (nSPS) is 45.4. The fourth-order valence-corrected chi connectivity index (χ4v) is 7.66. The van der Waals surface area contributed by atoms with Crippen molar-refractivity contribution in [2.24, 2.45) is 34.5 Å². The van der Waals surface area contributed by atoms with E-state index in [4.69, 9.17) is 0 Å². The van der Waals surface area contributed by atoms with Crippen LogP contribution in [0.2, 0.25) is 0 Å². The van der Waals surface area contributed by atoms with Gasteiger partial charge in [-0.3, -0.25) is 9.59 Å². The average molecular weight is 386 g/mol. The first kappa shape index (κ1) is 18.7. The summed E-state index contributed by atoms with van der Waals surface area (Å²) in [7, 11) is 0. The van der Waals surface area contributed by atoms with Gasteiger partial charge in [0.1, 0.15) is 0 Å². The average Bonchev–Trinajstić information content (AvgIpc) is 3.06. The van der Waals surface area contributed by atoms with Gasteiger partial charge in [-0.25, -0.2) is 0 Å². The predicted octanol–water partition coefficient (Wildman–Crippen LogP) is 2.33. The highest BCUT2D eigenvalue weighted by molar-refractivity contribution is 5.91. The Morgan fingerprint density at radius 2 is 1.89 bits per heavy atom. The van der Waals surface area contributed by atoms with Crippen LogP contribution in [-0.4, -0.2) is 49.3 Å². The second-order valence-electron chi connectivity index (χ2n) is 10.4. The van der Waals surface area contributed by atoms with E-state index < -0.39 is 0 Å². The molecule has 0 spiro atoms. The van der Waals surface area contributed by atoms with Crippen molar-refractivity contribution in [2.45, 2.75) is 52.4 Å². The zero-order valence-corrected chi connectivity index (χ0v) is 17.4. The molecule has 5 aliphatic rings. The van der Waals surface area contributed by atoms with Crippen molar-refractivity contribution in [1.29, 1.82) is 0 Å². The minimum atomic E-state index is 0.124. The molecule has 28 heavy (non-hydrogen) atoms. The van der Waals surface area contributed by atoms with E-state index in [-0.39, 0.29) is 22.5 Å². The monoisotopic (exact) mass is 385 g/mol. The number of amides is 1. The highest BCUT2D eigenvalue weighted by Gasteiger charge is 2.60. The number of rotatable bonds is 1. The topological polar surface area (TPSA) is 61.4 Å². The summed E-state index contributed by atoms with van der Waals surface area (Å²) in [5.74, 6) is 2.82. The van der Waals surface area contributed by atoms with Crippen LogP contribution in [0.25, 0.3) is 0 Å². The number of carbonyl (C=O) groups excluding carboxylic acids is 2. The van der Waals surface area contributed by atoms with Gasteiger partial charge in [0.15, 0.2) is 5.78 Å². The number of nitrogens with zero attached hydrogens (tertiary/aromatic N) is 1. The quantitative estimate of drug-likeness (QED) is 0.727. The Labute approximate surface area is 168 Å². The van der Waals surface area contributed by atoms with E-state index in [1.165, 1.54) is 18.5 Å². The van der Waals surface area contributed by atoms with Crippen LogP contribution in [0.5, 0.6) is 0 Å². The Morgan fingerprint density at radius 3 is 2.68 bits per heavy atom. The molecule has 0 aromatic carbocycles. The van der Waals surface area contributed by atoms with Crippen molar-refractivity contribution in [2.75, 3.05) is 32.7 Å². The lowest BCUT2D eigenvalue weighted by atomic mass is 9.50. The van der Waals surface area contributed by atoms with Crippen molar-refractivity contribution >= 4 is 11.7 Å². The summed E-state index contributed by atoms with van der Waals surface area (Å²) in [5, 5.41) is 7.03. The molecule has 4 fully saturated rings. The molecule has 5 nitrogen and oxygen atoms in total. The van der Waals surface area contributed by atoms with Crippen LogP contribution in [0.15, 0.2) is 11.8 Å². The van der Waals surface area contributed by atoms with Gasteiger partial charge in [-0.05, 0) is 55.3 Å². The van der Waals surface area contributed by atoms with Crippen LogP contribution >= 0.6 is 0 Å². The number of piperidine rings is 1. The first-order valence-corrected chi connectivity index (χ1v) is 11.4. The lowest BCUT2D eigenvalue weighted by Crippen LogP contribution is -2.58. The Hall–Kier alpha value is -1.36. The number of carbonyl (C=O) groups is 2. The van der Waals surface area contributed by atoms with E-state index in [0.29, 0.717) is 30.1 Å². The van der Waals surface area contributed by atoms with Gasteiger partial charge in [0.2, 0.25) is 5.91 Å². The van der Waals surface area contributed by atoms with Gasteiger partial charge in [-0.1, -0.05) is 13.8 Å². The molecule has 1 amide bonds. The van der Waals surface area contributed by atoms with E-state index in [0.717, 1.165) is 52.0 Å². The van der Waals surface area contributed by atoms with Gasteiger partial charge >= 0.3 is 0 Å². The Bertz CT molecular complexity index is 713. The van der Waals surface area contributed by atoms with E-state index in [2.05, 4.69) is 29.4 Å². The number of allylic oxidation sites excluding steroid dienone is 2. The van der Waals surface area contributed by atoms with Crippen LogP contribution in [0, 0.1) is 34.5 Å². The molecule has 0 aromatic rings. The zero-order valence-electron chi connectivity index (χ0n) is 17.4. The minimum Gasteiger partial charge on any atom is -0.387 e. The maximum absolute atomic E-state index is 13.4. The van der Waals surface area contributed by atoms with Crippen molar-refractivity contribution in [3.8, 4) is 0 Å². The van der Waals surface area contributed by atoms with Gasteiger partial charge in [0, 0.05) is 62.3 Å². The van der Waals surface area contributed by atoms with Crippen molar-refractivity contribution in [3.63, 3.8) is 0 Å². The first-order chi connectivity index (χ1) is 13.4. The van der Waals surface area contributed by atoms with Crippen molar-refractivity contribution in [3.05, 3.63) is 11.8 Å². The Kier molecular flexibility index (Phi) is 4.38. The molecule has 2 heterocycles. The smallest absolute Gasteiger partial charge is 0.226 e. The van der Waals surface area contributed by atoms with E-state index in [1.54, 1.807) is 0 Å². The molecule has 5 heteroatoms. The molecule has 0 radical (unpaired) electrons. The standard InChI is InChI=1S/C23H35N3O2/c1-22-8-6-18-16(14-25-20-13-15(27)5-7-23(18,20)2)17(22)3-4-19(22)21(28)26-11-9-24-10-12-26/h13,16-19,24-25H,3-12,14H2,1-2H3/t16-,17-,18-,19+,22-,23+/m0/s1. The third-order valence-electron chi connectivity index (χ3n) is 9.32. The van der Waals surface area contributed by atoms with Gasteiger partial charge in [0.05, 0.1) is 0 Å². The molecule has 0 unspecified atom stereocenters. The lowest BCUT2D eigenvalue weighted by Gasteiger charge is -2.58. The van der Waals surface area contributed by atoms with Crippen LogP contribution in [-0.2, 0) is 9.59 Å². The van der Waals surface area contributed by atoms with E-state index in [1.807, 2.05) is 6.08 Å². The number of ketones is 1. The van der Waals surface area contributed by atoms with Gasteiger partial charge < -0.3 is 15.5 Å². The molecule has 2 saturated carbocycles. The highest BCUT2D eigenvalue weighted by atomic mass is 16.2. The molecule has 2 aliphatic heterocycles. The molecule has 3 aliphatic carbocycles. The van der Waals surface area contributed by atoms with E-state index >= 15 is 0 Å². The van der Waals surface area contributed by atoms with Crippen LogP contribution in [0.3, 0.4) is 0 Å². The highest BCUT2D eigenvalue weighted by Crippen LogP contribution is 2.64. The van der Waals surface area contributed by atoms with Crippen LogP contribution < -0.4 is 10.6 Å². The number of piperazine rings is 1. The molecule has 0 aromatic heterocycles. The molecule has 154 valence electrons. The molecule has 2 saturated heterocycles. The summed E-state index contributed by atoms with van der Waals surface area (Å²) >= 11 is 0. The predicted molar refractivity (Wildman–Crippen MR) is 108 cm³/mol. The van der Waals surface area contributed by atoms with Crippen molar-refractivity contribution < 1.29 is 9.59 Å². The summed E-state index contributed by atoms with van der Waals surface area (Å²) in [6.07, 6.45) is 8.18. The minimum absolute atomic E-state index is 0.124. The van der Waals surface area contributed by atoms with Crippen LogP contribution in [0.4, 0.5) is 0 Å². The van der Waals surface area contributed by atoms with Gasteiger partial charge in [-0.15, -0.1) is 0 Å². The second-order valence-corrected chi connectivity index (χ2v) is 10.4. The lowest BCUT2D eigenvalue weighted by molar-refractivity contribution is -0.143. The number of hydrogen-bond donors (Lipinski definition) is 2. The van der Waals surface area contributed by atoms with E-state index in [9.17, 15) is 9.59 Å². The SMILES string of the molecule is C[C@]12CC[C@H]3[C@@H](CNC4=CC(=O)CC[C@@]43C)[C@@H]1CC[C@@H]2C(=O)N1CCNCC1. The fraction of sp³-hybridized carbons (Fsp3) is 0.826. The zero-order chi connectivity index (χ0) is 19.5. The third-order valence-corrected chi connectivity index (χ3v) is 9.32.